The van der Waals surface area contributed by atoms with Gasteiger partial charge in [-0.05, 0) is 36.1 Å². The molecule has 102 valence electrons. The highest BCUT2D eigenvalue weighted by Gasteiger charge is 2.35. The average molecular weight is 287 g/mol. The molecule has 5 heteroatoms. The van der Waals surface area contributed by atoms with Gasteiger partial charge in [0, 0.05) is 29.7 Å². The second kappa shape index (κ2) is 4.14. The first kappa shape index (κ1) is 12.1. The van der Waals surface area contributed by atoms with E-state index in [1.54, 1.807) is 17.4 Å². The van der Waals surface area contributed by atoms with E-state index in [0.717, 1.165) is 34.6 Å². The molecule has 2 N–H and O–H groups in total. The molecule has 0 aliphatic heterocycles. The Labute approximate surface area is 119 Å². The Hall–Kier alpha value is -1.72. The van der Waals surface area contributed by atoms with Crippen LogP contribution in [0.5, 0.6) is 0 Å². The van der Waals surface area contributed by atoms with E-state index in [1.807, 2.05) is 28.2 Å². The van der Waals surface area contributed by atoms with Crippen molar-refractivity contribution < 1.29 is 4.39 Å². The smallest absolute Gasteiger partial charge is 0.193 e. The quantitative estimate of drug-likeness (QED) is 0.787. The average Bonchev–Trinajstić information content (AvgIpc) is 3.04. The summed E-state index contributed by atoms with van der Waals surface area (Å²) in [7, 11) is 0. The van der Waals surface area contributed by atoms with Crippen LogP contribution in [0.15, 0.2) is 36.0 Å². The van der Waals surface area contributed by atoms with Crippen LogP contribution >= 0.6 is 11.3 Å². The van der Waals surface area contributed by atoms with Crippen molar-refractivity contribution in [3.63, 3.8) is 0 Å². The van der Waals surface area contributed by atoms with Gasteiger partial charge < -0.3 is 5.73 Å². The third kappa shape index (κ3) is 1.77. The van der Waals surface area contributed by atoms with Crippen LogP contribution in [0.1, 0.15) is 23.2 Å². The monoisotopic (exact) mass is 287 g/mol. The molecule has 0 radical (unpaired) electrons. The van der Waals surface area contributed by atoms with E-state index in [4.69, 9.17) is 5.73 Å². The van der Waals surface area contributed by atoms with Gasteiger partial charge in [-0.25, -0.2) is 9.37 Å². The summed E-state index contributed by atoms with van der Waals surface area (Å²) in [5.41, 5.74) is 9.25. The van der Waals surface area contributed by atoms with Crippen molar-refractivity contribution in [2.45, 2.75) is 24.8 Å². The number of hydrogen-bond acceptors (Lipinski definition) is 3. The number of benzene rings is 1. The van der Waals surface area contributed by atoms with Crippen LogP contribution < -0.4 is 5.73 Å². The zero-order valence-electron chi connectivity index (χ0n) is 10.8. The Morgan fingerprint density at radius 1 is 1.45 bits per heavy atom. The summed E-state index contributed by atoms with van der Waals surface area (Å²) in [5.74, 6) is -0.185. The number of aromatic nitrogens is 2. The highest BCUT2D eigenvalue weighted by atomic mass is 32.1. The molecule has 0 spiro atoms. The third-order valence-corrected chi connectivity index (χ3v) is 4.85. The van der Waals surface area contributed by atoms with E-state index in [-0.39, 0.29) is 5.82 Å². The fraction of sp³-hybridized carbons (Fsp3) is 0.267. The van der Waals surface area contributed by atoms with Crippen LogP contribution in [-0.2, 0) is 18.4 Å². The molecule has 0 saturated heterocycles. The van der Waals surface area contributed by atoms with Gasteiger partial charge in [-0.3, -0.25) is 4.40 Å². The molecular weight excluding hydrogens is 273 g/mol. The molecule has 20 heavy (non-hydrogen) atoms. The number of fused-ring (bicyclic) bond motifs is 2. The lowest BCUT2D eigenvalue weighted by Crippen LogP contribution is -2.36. The predicted octanol–water partition coefficient (Wildman–Crippen LogP) is 2.88. The van der Waals surface area contributed by atoms with E-state index < -0.39 is 5.54 Å². The molecule has 0 bridgehead atoms. The molecule has 4 rings (SSSR count). The largest absolute Gasteiger partial charge is 0.321 e. The number of aryl methyl sites for hydroxylation is 1. The zero-order chi connectivity index (χ0) is 13.7. The minimum atomic E-state index is -0.424. The number of thiazole rings is 1. The van der Waals surface area contributed by atoms with Crippen molar-refractivity contribution in [3.8, 4) is 0 Å². The van der Waals surface area contributed by atoms with Crippen LogP contribution in [0.4, 0.5) is 4.39 Å². The van der Waals surface area contributed by atoms with Gasteiger partial charge in [-0.2, -0.15) is 0 Å². The summed E-state index contributed by atoms with van der Waals surface area (Å²) in [4.78, 5) is 5.59. The standard InChI is InChI=1S/C15H14FN3S/c16-11-1-2-13-10(7-11)3-4-15(13,17)8-12-9-19-5-6-20-14(19)18-12/h1-2,5-7,9H,3-4,8,17H2. The lowest BCUT2D eigenvalue weighted by molar-refractivity contribution is 0.435. The van der Waals surface area contributed by atoms with Crippen molar-refractivity contribution >= 4 is 16.3 Å². The van der Waals surface area contributed by atoms with E-state index in [2.05, 4.69) is 4.98 Å². The second-order valence-electron chi connectivity index (χ2n) is 5.46. The fourth-order valence-electron chi connectivity index (χ4n) is 3.12. The van der Waals surface area contributed by atoms with Crippen LogP contribution in [0.25, 0.3) is 4.96 Å². The van der Waals surface area contributed by atoms with Gasteiger partial charge >= 0.3 is 0 Å². The van der Waals surface area contributed by atoms with Crippen LogP contribution in [-0.4, -0.2) is 9.38 Å². The summed E-state index contributed by atoms with van der Waals surface area (Å²) in [6.07, 6.45) is 6.41. The lowest BCUT2D eigenvalue weighted by atomic mass is 9.88. The van der Waals surface area contributed by atoms with E-state index in [0.29, 0.717) is 6.42 Å². The van der Waals surface area contributed by atoms with Crippen molar-refractivity contribution in [1.29, 1.82) is 0 Å². The molecule has 3 aromatic rings. The Morgan fingerprint density at radius 3 is 3.20 bits per heavy atom. The molecule has 1 aromatic carbocycles. The van der Waals surface area contributed by atoms with Gasteiger partial charge in [0.2, 0.25) is 0 Å². The molecule has 3 nitrogen and oxygen atoms in total. The molecule has 0 saturated carbocycles. The number of nitrogens with two attached hydrogens (primary N) is 1. The summed E-state index contributed by atoms with van der Waals surface area (Å²) in [5, 5.41) is 2.01. The van der Waals surface area contributed by atoms with Crippen LogP contribution in [0, 0.1) is 5.82 Å². The minimum Gasteiger partial charge on any atom is -0.321 e. The normalized spacial score (nSPS) is 21.5. The van der Waals surface area contributed by atoms with Crippen molar-refractivity contribution in [1.82, 2.24) is 9.38 Å². The van der Waals surface area contributed by atoms with Gasteiger partial charge in [0.05, 0.1) is 5.69 Å². The number of halogens is 1. The third-order valence-electron chi connectivity index (χ3n) is 4.08. The SMILES string of the molecule is NC1(Cc2cn3ccsc3n2)CCc2cc(F)ccc21. The van der Waals surface area contributed by atoms with Crippen LogP contribution in [0.3, 0.4) is 0 Å². The summed E-state index contributed by atoms with van der Waals surface area (Å²) >= 11 is 1.61. The highest BCUT2D eigenvalue weighted by molar-refractivity contribution is 7.15. The van der Waals surface area contributed by atoms with E-state index in [1.165, 1.54) is 6.07 Å². The Kier molecular flexibility index (Phi) is 2.49. The number of imidazole rings is 1. The maximum atomic E-state index is 13.3. The molecule has 2 aromatic heterocycles. The molecule has 1 unspecified atom stereocenters. The number of rotatable bonds is 2. The molecule has 1 atom stereocenters. The topological polar surface area (TPSA) is 43.3 Å². The van der Waals surface area contributed by atoms with Crippen molar-refractivity contribution in [3.05, 3.63) is 58.6 Å². The first-order chi connectivity index (χ1) is 9.64. The molecule has 2 heterocycles. The lowest BCUT2D eigenvalue weighted by Gasteiger charge is -2.24. The number of hydrogen-bond donors (Lipinski definition) is 1. The van der Waals surface area contributed by atoms with E-state index in [9.17, 15) is 4.39 Å². The second-order valence-corrected chi connectivity index (χ2v) is 6.33. The minimum absolute atomic E-state index is 0.185. The zero-order valence-corrected chi connectivity index (χ0v) is 11.7. The Bertz CT molecular complexity index is 763. The molecule has 0 amide bonds. The molecular formula is C15H14FN3S. The molecule has 0 fully saturated rings. The van der Waals surface area contributed by atoms with Gasteiger partial charge in [-0.15, -0.1) is 11.3 Å². The summed E-state index contributed by atoms with van der Waals surface area (Å²) in [6, 6.07) is 4.93. The maximum absolute atomic E-state index is 13.3. The molecule has 1 aliphatic rings. The van der Waals surface area contributed by atoms with Crippen molar-refractivity contribution in [2.24, 2.45) is 5.73 Å². The number of nitrogens with zero attached hydrogens (tertiary/aromatic N) is 2. The maximum Gasteiger partial charge on any atom is 0.193 e. The van der Waals surface area contributed by atoms with Crippen LogP contribution in [0.2, 0.25) is 0 Å². The Balaban J connectivity index is 1.70. The van der Waals surface area contributed by atoms with Gasteiger partial charge in [0.1, 0.15) is 5.82 Å². The van der Waals surface area contributed by atoms with Gasteiger partial charge in [0.15, 0.2) is 4.96 Å². The first-order valence-corrected chi connectivity index (χ1v) is 7.51. The molecule has 1 aliphatic carbocycles. The Morgan fingerprint density at radius 2 is 2.35 bits per heavy atom. The summed E-state index contributed by atoms with van der Waals surface area (Å²) in [6.45, 7) is 0. The summed E-state index contributed by atoms with van der Waals surface area (Å²) < 4.78 is 15.3. The van der Waals surface area contributed by atoms with Crippen molar-refractivity contribution in [2.75, 3.05) is 0 Å². The fourth-order valence-corrected chi connectivity index (χ4v) is 3.83. The highest BCUT2D eigenvalue weighted by Crippen LogP contribution is 2.37. The predicted molar refractivity (Wildman–Crippen MR) is 77.4 cm³/mol. The van der Waals surface area contributed by atoms with Gasteiger partial charge in [0.25, 0.3) is 0 Å². The first-order valence-electron chi connectivity index (χ1n) is 6.63. The van der Waals surface area contributed by atoms with Gasteiger partial charge in [-0.1, -0.05) is 6.07 Å². The van der Waals surface area contributed by atoms with E-state index >= 15 is 0 Å².